The highest BCUT2D eigenvalue weighted by Gasteiger charge is 2.38. The summed E-state index contributed by atoms with van der Waals surface area (Å²) in [5.74, 6) is 0.552. The third kappa shape index (κ3) is 3.58. The summed E-state index contributed by atoms with van der Waals surface area (Å²) in [6.45, 7) is 0. The summed E-state index contributed by atoms with van der Waals surface area (Å²) in [4.78, 5) is 3.31. The molecule has 2 atom stereocenters. The molecule has 0 fully saturated rings. The molecule has 3 aromatic carbocycles. The van der Waals surface area contributed by atoms with Crippen molar-refractivity contribution in [3.8, 4) is 5.69 Å². The zero-order valence-electron chi connectivity index (χ0n) is 18.4. The number of hydrogen-bond donors (Lipinski definition) is 1. The van der Waals surface area contributed by atoms with Crippen LogP contribution in [-0.4, -0.2) is 29.8 Å². The third-order valence-corrected chi connectivity index (χ3v) is 7.42. The number of aromatic nitrogens is 6. The summed E-state index contributed by atoms with van der Waals surface area (Å²) in [5, 5.41) is 16.9. The summed E-state index contributed by atoms with van der Waals surface area (Å²) in [6.07, 6.45) is 3.53. The topological polar surface area (TPSA) is 73.5 Å². The molecule has 6 rings (SSSR count). The van der Waals surface area contributed by atoms with Crippen LogP contribution in [0.1, 0.15) is 34.0 Å². The van der Waals surface area contributed by atoms with E-state index in [1.54, 1.807) is 17.2 Å². The Kier molecular flexibility index (Phi) is 5.29. The maximum atomic E-state index is 7.56. The molecule has 1 N–H and O–H groups in total. The van der Waals surface area contributed by atoms with Crippen molar-refractivity contribution in [1.29, 1.82) is 0 Å². The number of benzene rings is 3. The summed E-state index contributed by atoms with van der Waals surface area (Å²) >= 11 is 20.1. The van der Waals surface area contributed by atoms with Gasteiger partial charge in [0.25, 0.3) is 0 Å². The summed E-state index contributed by atoms with van der Waals surface area (Å²) in [7, 11) is 1.93. The van der Waals surface area contributed by atoms with Crippen molar-refractivity contribution in [1.82, 2.24) is 29.8 Å². The smallest absolute Gasteiger partial charge is 0.248 e. The molecule has 35 heavy (non-hydrogen) atoms. The molecule has 1 aliphatic heterocycles. The van der Waals surface area contributed by atoms with Crippen LogP contribution in [0.4, 0.5) is 5.95 Å². The Bertz CT molecular complexity index is 1540. The lowest BCUT2D eigenvalue weighted by atomic mass is 9.84. The average Bonchev–Trinajstić information content (AvgIpc) is 3.52. The van der Waals surface area contributed by atoms with E-state index in [1.807, 2.05) is 72.3 Å². The van der Waals surface area contributed by atoms with Crippen LogP contribution in [0.25, 0.3) is 5.69 Å². The van der Waals surface area contributed by atoms with Crippen molar-refractivity contribution < 1.29 is 0 Å². The zero-order chi connectivity index (χ0) is 24.2. The van der Waals surface area contributed by atoms with Crippen LogP contribution in [0.3, 0.4) is 0 Å². The van der Waals surface area contributed by atoms with E-state index in [0.29, 0.717) is 16.0 Å². The van der Waals surface area contributed by atoms with E-state index < -0.39 is 4.87 Å². The summed E-state index contributed by atoms with van der Waals surface area (Å²) in [6, 6.07) is 21.1. The van der Waals surface area contributed by atoms with Gasteiger partial charge in [-0.15, -0.1) is 11.6 Å². The minimum atomic E-state index is -1.02. The number of halogens is 3. The first-order valence-electron chi connectivity index (χ1n) is 10.8. The van der Waals surface area contributed by atoms with Gasteiger partial charge in [0.1, 0.15) is 4.87 Å². The number of hydrogen-bond acceptors (Lipinski definition) is 5. The van der Waals surface area contributed by atoms with Gasteiger partial charge in [-0.25, -0.2) is 4.98 Å². The van der Waals surface area contributed by atoms with Crippen LogP contribution in [-0.2, 0) is 11.9 Å². The normalized spacial score (nSPS) is 16.2. The molecule has 2 aromatic heterocycles. The van der Waals surface area contributed by atoms with Gasteiger partial charge in [-0.2, -0.15) is 4.68 Å². The maximum Gasteiger partial charge on any atom is 0.248 e. The number of alkyl halides is 1. The fourth-order valence-corrected chi connectivity index (χ4v) is 5.37. The van der Waals surface area contributed by atoms with E-state index in [4.69, 9.17) is 34.8 Å². The van der Waals surface area contributed by atoms with E-state index in [2.05, 4.69) is 31.9 Å². The molecular formula is C25H18Cl3N7. The summed E-state index contributed by atoms with van der Waals surface area (Å²) in [5.41, 5.74) is 5.38. The molecule has 1 aliphatic rings. The van der Waals surface area contributed by atoms with Crippen LogP contribution in [0, 0.1) is 0 Å². The molecule has 3 heterocycles. The van der Waals surface area contributed by atoms with Crippen molar-refractivity contribution in [3.05, 3.63) is 117 Å². The zero-order valence-corrected chi connectivity index (χ0v) is 20.7. The Balaban J connectivity index is 1.59. The second-order valence-corrected chi connectivity index (χ2v) is 9.82. The standard InChI is InChI=1S/C25H18Cl3N7/c1-34-14-29-13-22(34)25(28,16-5-8-18(26)9-6-16)17-7-10-21-20(12-17)23(15-3-2-4-19(27)11-15)30-24-31-32-33-35(21)24/h2-14,23H,1H3,(H,30,31,33). The van der Waals surface area contributed by atoms with E-state index in [-0.39, 0.29) is 6.04 Å². The molecule has 0 bridgehead atoms. The largest absolute Gasteiger partial charge is 0.342 e. The fraction of sp³-hybridized carbons (Fsp3) is 0.120. The number of fused-ring (bicyclic) bond motifs is 3. The van der Waals surface area contributed by atoms with Crippen LogP contribution >= 0.6 is 34.8 Å². The van der Waals surface area contributed by atoms with Crippen LogP contribution < -0.4 is 5.32 Å². The van der Waals surface area contributed by atoms with Gasteiger partial charge in [0.2, 0.25) is 5.95 Å². The van der Waals surface area contributed by atoms with E-state index in [0.717, 1.165) is 33.6 Å². The summed E-state index contributed by atoms with van der Waals surface area (Å²) < 4.78 is 3.61. The number of imidazole rings is 1. The molecule has 174 valence electrons. The lowest BCUT2D eigenvalue weighted by Crippen LogP contribution is -2.28. The Hall–Kier alpha value is -3.39. The number of nitrogens with zero attached hydrogens (tertiary/aromatic N) is 6. The maximum absolute atomic E-state index is 7.56. The lowest BCUT2D eigenvalue weighted by molar-refractivity contribution is 0.729. The van der Waals surface area contributed by atoms with E-state index >= 15 is 0 Å². The molecule has 10 heteroatoms. The number of rotatable bonds is 4. The first-order valence-corrected chi connectivity index (χ1v) is 12.0. The molecule has 7 nitrogen and oxygen atoms in total. The van der Waals surface area contributed by atoms with Crippen LogP contribution in [0.15, 0.2) is 79.3 Å². The van der Waals surface area contributed by atoms with Crippen LogP contribution in [0.2, 0.25) is 10.0 Å². The van der Waals surface area contributed by atoms with Crippen LogP contribution in [0.5, 0.6) is 0 Å². The van der Waals surface area contributed by atoms with Gasteiger partial charge in [0.05, 0.1) is 29.9 Å². The number of nitrogens with one attached hydrogen (secondary N) is 1. The van der Waals surface area contributed by atoms with Gasteiger partial charge in [0, 0.05) is 22.7 Å². The SMILES string of the molecule is Cn1cncc1C(Cl)(c1ccc(Cl)cc1)c1ccc2c(c1)C(c1cccc(Cl)c1)Nc1nnnn1-2. The Morgan fingerprint density at radius 2 is 1.74 bits per heavy atom. The molecule has 0 amide bonds. The molecule has 0 spiro atoms. The van der Waals surface area contributed by atoms with Gasteiger partial charge in [0.15, 0.2) is 0 Å². The van der Waals surface area contributed by atoms with Crippen molar-refractivity contribution in [3.63, 3.8) is 0 Å². The van der Waals surface area contributed by atoms with Crippen molar-refractivity contribution in [2.75, 3.05) is 5.32 Å². The molecular weight excluding hydrogens is 505 g/mol. The van der Waals surface area contributed by atoms with Gasteiger partial charge < -0.3 is 9.88 Å². The van der Waals surface area contributed by atoms with Gasteiger partial charge >= 0.3 is 0 Å². The molecule has 0 saturated carbocycles. The number of aryl methyl sites for hydroxylation is 1. The van der Waals surface area contributed by atoms with E-state index in [9.17, 15) is 0 Å². The Labute approximate surface area is 216 Å². The predicted octanol–water partition coefficient (Wildman–Crippen LogP) is 5.75. The molecule has 5 aromatic rings. The molecule has 0 aliphatic carbocycles. The van der Waals surface area contributed by atoms with Crippen molar-refractivity contribution in [2.24, 2.45) is 7.05 Å². The number of anilines is 1. The minimum Gasteiger partial charge on any atom is -0.342 e. The number of tetrazole rings is 1. The van der Waals surface area contributed by atoms with E-state index in [1.165, 1.54) is 0 Å². The minimum absolute atomic E-state index is 0.236. The van der Waals surface area contributed by atoms with Crippen molar-refractivity contribution >= 4 is 40.8 Å². The van der Waals surface area contributed by atoms with Gasteiger partial charge in [-0.3, -0.25) is 0 Å². The first kappa shape index (κ1) is 22.1. The van der Waals surface area contributed by atoms with Gasteiger partial charge in [-0.05, 0) is 63.5 Å². The first-order chi connectivity index (χ1) is 16.9. The monoisotopic (exact) mass is 521 g/mol. The fourth-order valence-electron chi connectivity index (χ4n) is 4.62. The molecule has 0 radical (unpaired) electrons. The average molecular weight is 523 g/mol. The predicted molar refractivity (Wildman–Crippen MR) is 136 cm³/mol. The molecule has 2 unspecified atom stereocenters. The Morgan fingerprint density at radius 3 is 2.49 bits per heavy atom. The quantitative estimate of drug-likeness (QED) is 0.304. The highest BCUT2D eigenvalue weighted by atomic mass is 35.5. The highest BCUT2D eigenvalue weighted by Crippen LogP contribution is 2.46. The van der Waals surface area contributed by atoms with Gasteiger partial charge in [-0.1, -0.05) is 58.6 Å². The highest BCUT2D eigenvalue weighted by molar-refractivity contribution is 6.31. The molecule has 0 saturated heterocycles. The third-order valence-electron chi connectivity index (χ3n) is 6.30. The Morgan fingerprint density at radius 1 is 0.943 bits per heavy atom. The van der Waals surface area contributed by atoms with Crippen molar-refractivity contribution in [2.45, 2.75) is 10.9 Å². The second kappa shape index (κ2) is 8.37. The second-order valence-electron chi connectivity index (χ2n) is 8.38. The lowest BCUT2D eigenvalue weighted by Gasteiger charge is -2.32.